The summed E-state index contributed by atoms with van der Waals surface area (Å²) < 4.78 is 5.83. The molecule has 5 nitrogen and oxygen atoms in total. The van der Waals surface area contributed by atoms with Gasteiger partial charge in [0.1, 0.15) is 18.2 Å². The molecule has 0 aliphatic heterocycles. The van der Waals surface area contributed by atoms with Crippen molar-refractivity contribution in [2.75, 3.05) is 5.32 Å². The van der Waals surface area contributed by atoms with Crippen molar-refractivity contribution in [2.24, 2.45) is 0 Å². The Bertz CT molecular complexity index is 951. The highest BCUT2D eigenvalue weighted by Crippen LogP contribution is 2.20. The highest BCUT2D eigenvalue weighted by Gasteiger charge is 2.14. The minimum atomic E-state index is 0.362. The van der Waals surface area contributed by atoms with Crippen LogP contribution in [-0.2, 0) is 6.61 Å². The van der Waals surface area contributed by atoms with E-state index in [4.69, 9.17) is 28.6 Å². The number of fused-ring (bicyclic) bond motifs is 1. The van der Waals surface area contributed by atoms with E-state index in [1.807, 2.05) is 42.5 Å². The Kier molecular flexibility index (Phi) is 5.98. The predicted molar refractivity (Wildman–Crippen MR) is 118 cm³/mol. The Morgan fingerprint density at radius 1 is 1.14 bits per heavy atom. The Hall–Kier alpha value is -2.31. The van der Waals surface area contributed by atoms with Crippen LogP contribution < -0.4 is 15.4 Å². The molecule has 0 saturated heterocycles. The van der Waals surface area contributed by atoms with Crippen LogP contribution in [0.3, 0.4) is 0 Å². The van der Waals surface area contributed by atoms with Gasteiger partial charge in [0.15, 0.2) is 5.11 Å². The minimum Gasteiger partial charge on any atom is -0.486 e. The Labute approximate surface area is 174 Å². The van der Waals surface area contributed by atoms with Gasteiger partial charge in [-0.1, -0.05) is 30.9 Å². The molecule has 1 aliphatic rings. The summed E-state index contributed by atoms with van der Waals surface area (Å²) in [6, 6.07) is 13.8. The number of nitrogens with one attached hydrogen (secondary N) is 3. The third-order valence-corrected chi connectivity index (χ3v) is 5.38. The van der Waals surface area contributed by atoms with E-state index in [9.17, 15) is 0 Å². The molecule has 1 aromatic heterocycles. The lowest BCUT2D eigenvalue weighted by Gasteiger charge is -2.24. The molecule has 1 fully saturated rings. The fourth-order valence-corrected chi connectivity index (χ4v) is 3.95. The van der Waals surface area contributed by atoms with E-state index in [1.54, 1.807) is 0 Å². The van der Waals surface area contributed by atoms with Crippen LogP contribution in [0.4, 0.5) is 5.69 Å². The number of hydrogen-bond acceptors (Lipinski definition) is 3. The summed E-state index contributed by atoms with van der Waals surface area (Å²) in [4.78, 5) is 7.73. The molecule has 2 aromatic carbocycles. The summed E-state index contributed by atoms with van der Waals surface area (Å²) in [6.45, 7) is 0.362. The molecular weight excluding hydrogens is 392 g/mol. The Morgan fingerprint density at radius 3 is 2.71 bits per heavy atom. The Morgan fingerprint density at radius 2 is 1.93 bits per heavy atom. The van der Waals surface area contributed by atoms with Crippen LogP contribution in [0.5, 0.6) is 5.75 Å². The molecule has 146 valence electrons. The quantitative estimate of drug-likeness (QED) is 0.487. The van der Waals surface area contributed by atoms with Gasteiger partial charge >= 0.3 is 0 Å². The monoisotopic (exact) mass is 414 g/mol. The van der Waals surface area contributed by atoms with Crippen LogP contribution in [0.25, 0.3) is 11.0 Å². The largest absolute Gasteiger partial charge is 0.486 e. The number of nitrogens with zero attached hydrogens (tertiary/aromatic N) is 1. The van der Waals surface area contributed by atoms with E-state index in [0.717, 1.165) is 28.3 Å². The highest BCUT2D eigenvalue weighted by atomic mass is 35.5. The SMILES string of the molecule is S=C(Nc1ccc(OCc2nc3ccc(Cl)cc3[nH]2)cc1)NC1CCCCC1. The number of hydrogen-bond donors (Lipinski definition) is 3. The maximum atomic E-state index is 6.01. The van der Waals surface area contributed by atoms with Gasteiger partial charge in [-0.15, -0.1) is 0 Å². The molecular formula is C21H23ClN4OS. The van der Waals surface area contributed by atoms with E-state index in [1.165, 1.54) is 32.1 Å². The molecule has 4 rings (SSSR count). The second-order valence-corrected chi connectivity index (χ2v) is 7.94. The average Bonchev–Trinajstić information content (AvgIpc) is 3.10. The van der Waals surface area contributed by atoms with Crippen LogP contribution in [0.15, 0.2) is 42.5 Å². The van der Waals surface area contributed by atoms with Crippen molar-refractivity contribution in [3.8, 4) is 5.75 Å². The summed E-state index contributed by atoms with van der Waals surface area (Å²) in [6.07, 6.45) is 6.29. The zero-order valence-electron chi connectivity index (χ0n) is 15.5. The summed E-state index contributed by atoms with van der Waals surface area (Å²) in [5, 5.41) is 8.02. The van der Waals surface area contributed by atoms with Crippen molar-refractivity contribution in [1.29, 1.82) is 0 Å². The summed E-state index contributed by atoms with van der Waals surface area (Å²) in [5.74, 6) is 1.53. The lowest BCUT2D eigenvalue weighted by Crippen LogP contribution is -2.38. The third-order valence-electron chi connectivity index (χ3n) is 4.92. The van der Waals surface area contributed by atoms with E-state index >= 15 is 0 Å². The van der Waals surface area contributed by atoms with Crippen molar-refractivity contribution >= 4 is 45.7 Å². The summed E-state index contributed by atoms with van der Waals surface area (Å²) >= 11 is 11.4. The number of rotatable bonds is 5. The first-order chi connectivity index (χ1) is 13.7. The molecule has 0 spiro atoms. The molecule has 0 amide bonds. The fourth-order valence-electron chi connectivity index (χ4n) is 3.49. The molecule has 0 atom stereocenters. The number of aromatic nitrogens is 2. The number of H-pyrrole nitrogens is 1. The van der Waals surface area contributed by atoms with Gasteiger partial charge in [-0.25, -0.2) is 4.98 Å². The number of halogens is 1. The average molecular weight is 415 g/mol. The van der Waals surface area contributed by atoms with Crippen LogP contribution in [0.1, 0.15) is 37.9 Å². The van der Waals surface area contributed by atoms with Gasteiger partial charge in [-0.2, -0.15) is 0 Å². The molecule has 1 saturated carbocycles. The molecule has 3 N–H and O–H groups in total. The van der Waals surface area contributed by atoms with Gasteiger partial charge in [0.25, 0.3) is 0 Å². The van der Waals surface area contributed by atoms with E-state index in [-0.39, 0.29) is 0 Å². The first kappa shape index (κ1) is 19.0. The van der Waals surface area contributed by atoms with Gasteiger partial charge in [-0.3, -0.25) is 0 Å². The normalized spacial score (nSPS) is 14.8. The van der Waals surface area contributed by atoms with Crippen LogP contribution in [0.2, 0.25) is 5.02 Å². The van der Waals surface area contributed by atoms with Crippen molar-refractivity contribution in [1.82, 2.24) is 15.3 Å². The zero-order valence-corrected chi connectivity index (χ0v) is 17.1. The topological polar surface area (TPSA) is 62.0 Å². The number of anilines is 1. The van der Waals surface area contributed by atoms with Gasteiger partial charge < -0.3 is 20.4 Å². The highest BCUT2D eigenvalue weighted by molar-refractivity contribution is 7.80. The van der Waals surface area contributed by atoms with Crippen LogP contribution in [0, 0.1) is 0 Å². The van der Waals surface area contributed by atoms with Crippen molar-refractivity contribution in [3.05, 3.63) is 53.3 Å². The zero-order chi connectivity index (χ0) is 19.3. The number of aromatic amines is 1. The van der Waals surface area contributed by atoms with E-state index < -0.39 is 0 Å². The molecule has 0 radical (unpaired) electrons. The van der Waals surface area contributed by atoms with Crippen molar-refractivity contribution in [3.63, 3.8) is 0 Å². The molecule has 3 aromatic rings. The summed E-state index contributed by atoms with van der Waals surface area (Å²) in [5.41, 5.74) is 2.73. The van der Waals surface area contributed by atoms with Crippen molar-refractivity contribution in [2.45, 2.75) is 44.8 Å². The second-order valence-electron chi connectivity index (χ2n) is 7.09. The summed E-state index contributed by atoms with van der Waals surface area (Å²) in [7, 11) is 0. The number of thiocarbonyl (C=S) groups is 1. The second kappa shape index (κ2) is 8.80. The first-order valence-corrected chi connectivity index (χ1v) is 10.4. The molecule has 1 aliphatic carbocycles. The molecule has 0 bridgehead atoms. The van der Waals surface area contributed by atoms with Crippen LogP contribution in [-0.4, -0.2) is 21.1 Å². The third kappa shape index (κ3) is 4.94. The maximum Gasteiger partial charge on any atom is 0.170 e. The fraction of sp³-hybridized carbons (Fsp3) is 0.333. The molecule has 1 heterocycles. The van der Waals surface area contributed by atoms with Crippen molar-refractivity contribution < 1.29 is 4.74 Å². The Balaban J connectivity index is 1.29. The minimum absolute atomic E-state index is 0.362. The van der Waals surface area contributed by atoms with E-state index in [2.05, 4.69) is 20.6 Å². The smallest absolute Gasteiger partial charge is 0.170 e. The predicted octanol–water partition coefficient (Wildman–Crippen LogP) is 5.41. The van der Waals surface area contributed by atoms with Gasteiger partial charge in [-0.05, 0) is 67.5 Å². The molecule has 7 heteroatoms. The lowest BCUT2D eigenvalue weighted by atomic mass is 9.96. The first-order valence-electron chi connectivity index (χ1n) is 9.60. The number of benzene rings is 2. The number of ether oxygens (including phenoxy) is 1. The van der Waals surface area contributed by atoms with Crippen LogP contribution >= 0.6 is 23.8 Å². The maximum absolute atomic E-state index is 6.01. The van der Waals surface area contributed by atoms with Gasteiger partial charge in [0.05, 0.1) is 11.0 Å². The molecule has 28 heavy (non-hydrogen) atoms. The lowest BCUT2D eigenvalue weighted by molar-refractivity contribution is 0.297. The van der Waals surface area contributed by atoms with E-state index in [0.29, 0.717) is 22.8 Å². The van der Waals surface area contributed by atoms with Gasteiger partial charge in [0.2, 0.25) is 0 Å². The number of imidazole rings is 1. The molecule has 0 unspecified atom stereocenters. The standard InChI is InChI=1S/C21H23ClN4OS/c22-14-6-11-18-19(12-14)26-20(25-18)13-27-17-9-7-16(8-10-17)24-21(28)23-15-4-2-1-3-5-15/h6-12,15H,1-5,13H2,(H,25,26)(H2,23,24,28). The van der Waals surface area contributed by atoms with Gasteiger partial charge in [0, 0.05) is 16.8 Å².